The van der Waals surface area contributed by atoms with E-state index in [0.29, 0.717) is 0 Å². The largest absolute Gasteiger partial charge is 0.0845 e. The summed E-state index contributed by atoms with van der Waals surface area (Å²) < 4.78 is 0. The van der Waals surface area contributed by atoms with Crippen LogP contribution in [0.5, 0.6) is 0 Å². The van der Waals surface area contributed by atoms with E-state index in [1.807, 2.05) is 0 Å². The van der Waals surface area contributed by atoms with Gasteiger partial charge in [-0.2, -0.15) is 0 Å². The van der Waals surface area contributed by atoms with Crippen molar-refractivity contribution in [2.24, 2.45) is 0 Å². The van der Waals surface area contributed by atoms with E-state index in [4.69, 9.17) is 0 Å². The summed E-state index contributed by atoms with van der Waals surface area (Å²) in [6.07, 6.45) is 19.5. The average Bonchev–Trinajstić information content (AvgIpc) is 2.21. The van der Waals surface area contributed by atoms with E-state index in [1.54, 1.807) is 0 Å². The van der Waals surface area contributed by atoms with Gasteiger partial charge >= 0.3 is 0 Å². The molecule has 0 fully saturated rings. The van der Waals surface area contributed by atoms with Gasteiger partial charge < -0.3 is 0 Å². The monoisotopic (exact) mass is 194 g/mol. The fourth-order valence-corrected chi connectivity index (χ4v) is 1.37. The van der Waals surface area contributed by atoms with Gasteiger partial charge in [0, 0.05) is 0 Å². The lowest BCUT2D eigenvalue weighted by molar-refractivity contribution is 0.727. The van der Waals surface area contributed by atoms with Crippen molar-refractivity contribution in [3.63, 3.8) is 0 Å². The van der Waals surface area contributed by atoms with Gasteiger partial charge in [0.05, 0.1) is 0 Å². The van der Waals surface area contributed by atoms with Gasteiger partial charge in [-0.15, -0.1) is 0 Å². The van der Waals surface area contributed by atoms with Gasteiger partial charge in [-0.3, -0.25) is 0 Å². The minimum absolute atomic E-state index is 1.24. The number of hydrogen-bond acceptors (Lipinski definition) is 0. The summed E-state index contributed by atoms with van der Waals surface area (Å²) in [7, 11) is 0. The van der Waals surface area contributed by atoms with Gasteiger partial charge in [0.15, 0.2) is 0 Å². The van der Waals surface area contributed by atoms with Gasteiger partial charge in [-0.05, 0) is 25.7 Å². The molecule has 0 aliphatic heterocycles. The lowest BCUT2D eigenvalue weighted by Gasteiger charge is -1.91. The van der Waals surface area contributed by atoms with Gasteiger partial charge in [0.2, 0.25) is 0 Å². The zero-order valence-electron chi connectivity index (χ0n) is 9.97. The molecule has 0 rings (SSSR count). The molecular formula is C14H26. The van der Waals surface area contributed by atoms with E-state index < -0.39 is 0 Å². The molecule has 0 atom stereocenters. The zero-order valence-corrected chi connectivity index (χ0v) is 9.97. The maximum Gasteiger partial charge on any atom is -0.0348 e. The molecule has 0 unspecified atom stereocenters. The predicted molar refractivity (Wildman–Crippen MR) is 66.6 cm³/mol. The molecule has 0 heteroatoms. The highest BCUT2D eigenvalue weighted by Gasteiger charge is 1.81. The number of rotatable bonds is 9. The van der Waals surface area contributed by atoms with E-state index in [2.05, 4.69) is 38.2 Å². The lowest BCUT2D eigenvalue weighted by atomic mass is 10.2. The minimum Gasteiger partial charge on any atom is -0.0845 e. The fraction of sp³-hybridized carbons (Fsp3) is 0.714. The Bertz CT molecular complexity index is 124. The molecule has 0 nitrogen and oxygen atoms in total. The van der Waals surface area contributed by atoms with Crippen molar-refractivity contribution in [2.45, 2.75) is 65.2 Å². The summed E-state index contributed by atoms with van der Waals surface area (Å²) in [5, 5.41) is 0. The topological polar surface area (TPSA) is 0 Å². The number of hydrogen-bond donors (Lipinski definition) is 0. The molecule has 14 heavy (non-hydrogen) atoms. The van der Waals surface area contributed by atoms with Crippen molar-refractivity contribution in [1.82, 2.24) is 0 Å². The summed E-state index contributed by atoms with van der Waals surface area (Å²) >= 11 is 0. The third kappa shape index (κ3) is 11.5. The van der Waals surface area contributed by atoms with Crippen molar-refractivity contribution < 1.29 is 0 Å². The van der Waals surface area contributed by atoms with Crippen molar-refractivity contribution in [2.75, 3.05) is 0 Å². The van der Waals surface area contributed by atoms with Crippen LogP contribution in [-0.4, -0.2) is 0 Å². The highest BCUT2D eigenvalue weighted by molar-refractivity contribution is 5.02. The van der Waals surface area contributed by atoms with E-state index in [0.717, 1.165) is 0 Å². The highest BCUT2D eigenvalue weighted by Crippen LogP contribution is 2.01. The van der Waals surface area contributed by atoms with Gasteiger partial charge in [0.1, 0.15) is 0 Å². The van der Waals surface area contributed by atoms with Gasteiger partial charge in [-0.25, -0.2) is 0 Å². The van der Waals surface area contributed by atoms with Crippen molar-refractivity contribution in [3.8, 4) is 0 Å². The van der Waals surface area contributed by atoms with Crippen LogP contribution in [0.2, 0.25) is 0 Å². The van der Waals surface area contributed by atoms with Gasteiger partial charge in [0.25, 0.3) is 0 Å². The molecular weight excluding hydrogens is 168 g/mol. The summed E-state index contributed by atoms with van der Waals surface area (Å²) in [4.78, 5) is 0. The SMILES string of the molecule is CCCCC/C=C/C=C/CCCCC. The quantitative estimate of drug-likeness (QED) is 0.347. The Hall–Kier alpha value is -0.520. The van der Waals surface area contributed by atoms with Crippen LogP contribution < -0.4 is 0 Å². The third-order valence-electron chi connectivity index (χ3n) is 2.33. The van der Waals surface area contributed by atoms with Crippen LogP contribution in [0.4, 0.5) is 0 Å². The van der Waals surface area contributed by atoms with Crippen molar-refractivity contribution in [1.29, 1.82) is 0 Å². The molecule has 0 aliphatic rings. The molecule has 0 saturated carbocycles. The third-order valence-corrected chi connectivity index (χ3v) is 2.33. The molecule has 0 N–H and O–H groups in total. The number of allylic oxidation sites excluding steroid dienone is 4. The fourth-order valence-electron chi connectivity index (χ4n) is 1.37. The molecule has 0 bridgehead atoms. The second kappa shape index (κ2) is 12.5. The van der Waals surface area contributed by atoms with Crippen LogP contribution in [0.25, 0.3) is 0 Å². The van der Waals surface area contributed by atoms with Crippen molar-refractivity contribution in [3.05, 3.63) is 24.3 Å². The second-order valence-electron chi connectivity index (χ2n) is 3.85. The lowest BCUT2D eigenvalue weighted by Crippen LogP contribution is -1.71. The van der Waals surface area contributed by atoms with Crippen LogP contribution in [0.1, 0.15) is 65.2 Å². The molecule has 0 aromatic rings. The minimum atomic E-state index is 1.24. The summed E-state index contributed by atoms with van der Waals surface area (Å²) in [6, 6.07) is 0. The predicted octanol–water partition coefficient (Wildman–Crippen LogP) is 5.26. The Morgan fingerprint density at radius 1 is 0.643 bits per heavy atom. The molecule has 0 aromatic carbocycles. The molecule has 0 heterocycles. The van der Waals surface area contributed by atoms with Crippen molar-refractivity contribution >= 4 is 0 Å². The van der Waals surface area contributed by atoms with E-state index in [9.17, 15) is 0 Å². The van der Waals surface area contributed by atoms with Gasteiger partial charge in [-0.1, -0.05) is 63.8 Å². The first kappa shape index (κ1) is 13.5. The molecule has 0 aromatic heterocycles. The van der Waals surface area contributed by atoms with E-state index >= 15 is 0 Å². The smallest absolute Gasteiger partial charge is 0.0348 e. The Kier molecular flexibility index (Phi) is 12.0. The van der Waals surface area contributed by atoms with Crippen LogP contribution in [0, 0.1) is 0 Å². The summed E-state index contributed by atoms with van der Waals surface area (Å²) in [5.74, 6) is 0. The Morgan fingerprint density at radius 2 is 1.07 bits per heavy atom. The molecule has 0 spiro atoms. The summed E-state index contributed by atoms with van der Waals surface area (Å²) in [5.41, 5.74) is 0. The van der Waals surface area contributed by atoms with Crippen LogP contribution in [0.3, 0.4) is 0 Å². The van der Waals surface area contributed by atoms with E-state index in [1.165, 1.54) is 51.4 Å². The number of unbranched alkanes of at least 4 members (excludes halogenated alkanes) is 6. The zero-order chi connectivity index (χ0) is 10.5. The van der Waals surface area contributed by atoms with Crippen LogP contribution in [0.15, 0.2) is 24.3 Å². The maximum atomic E-state index is 2.28. The Labute approximate surface area is 90.1 Å². The summed E-state index contributed by atoms with van der Waals surface area (Å²) in [6.45, 7) is 4.49. The molecule has 0 aliphatic carbocycles. The van der Waals surface area contributed by atoms with E-state index in [-0.39, 0.29) is 0 Å². The Morgan fingerprint density at radius 3 is 1.43 bits per heavy atom. The molecule has 0 amide bonds. The second-order valence-corrected chi connectivity index (χ2v) is 3.85. The highest BCUT2D eigenvalue weighted by atomic mass is 13.9. The first-order valence-corrected chi connectivity index (χ1v) is 6.23. The van der Waals surface area contributed by atoms with Crippen LogP contribution >= 0.6 is 0 Å². The Balaban J connectivity index is 3.15. The molecule has 0 radical (unpaired) electrons. The standard InChI is InChI=1S/C14H26/c1-3-5-7-9-11-13-14-12-10-8-6-4-2/h11-14H,3-10H2,1-2H3/b13-11+,14-12+. The maximum absolute atomic E-state index is 2.28. The average molecular weight is 194 g/mol. The normalized spacial score (nSPS) is 11.9. The first-order valence-electron chi connectivity index (χ1n) is 6.23. The molecule has 0 saturated heterocycles. The first-order chi connectivity index (χ1) is 6.91. The molecule has 82 valence electrons. The van der Waals surface area contributed by atoms with Crippen LogP contribution in [-0.2, 0) is 0 Å².